The molecule has 1 aromatic rings. The molecule has 2 rings (SSSR count). The standard InChI is InChI=1S/C9H14N4O2/c1-14-7-3-8(15-2)13-9(12-7)11-6-4-10-5-6/h3,6,10H,4-5H2,1-2H3,(H,11,12,13). The third-order valence-electron chi connectivity index (χ3n) is 2.21. The fourth-order valence-corrected chi connectivity index (χ4v) is 1.25. The van der Waals surface area contributed by atoms with E-state index in [0.29, 0.717) is 23.8 Å². The van der Waals surface area contributed by atoms with Gasteiger partial charge in [-0.25, -0.2) is 0 Å². The lowest BCUT2D eigenvalue weighted by atomic mass is 10.2. The van der Waals surface area contributed by atoms with E-state index in [-0.39, 0.29) is 0 Å². The van der Waals surface area contributed by atoms with Crippen LogP contribution < -0.4 is 20.1 Å². The van der Waals surface area contributed by atoms with Crippen LogP contribution in [0.1, 0.15) is 0 Å². The molecule has 2 N–H and O–H groups in total. The van der Waals surface area contributed by atoms with Crippen molar-refractivity contribution in [3.63, 3.8) is 0 Å². The zero-order valence-corrected chi connectivity index (χ0v) is 8.78. The number of aromatic nitrogens is 2. The summed E-state index contributed by atoms with van der Waals surface area (Å²) < 4.78 is 10.1. The number of ether oxygens (including phenoxy) is 2. The maximum Gasteiger partial charge on any atom is 0.229 e. The normalized spacial score (nSPS) is 15.6. The van der Waals surface area contributed by atoms with Crippen LogP contribution in [0.3, 0.4) is 0 Å². The maximum atomic E-state index is 5.04. The van der Waals surface area contributed by atoms with Gasteiger partial charge >= 0.3 is 0 Å². The fraction of sp³-hybridized carbons (Fsp3) is 0.556. The molecule has 0 aliphatic carbocycles. The Balaban J connectivity index is 2.13. The van der Waals surface area contributed by atoms with Gasteiger partial charge in [0.2, 0.25) is 17.7 Å². The van der Waals surface area contributed by atoms with Gasteiger partial charge in [-0.05, 0) is 0 Å². The summed E-state index contributed by atoms with van der Waals surface area (Å²) in [6, 6.07) is 2.03. The van der Waals surface area contributed by atoms with Crippen molar-refractivity contribution < 1.29 is 9.47 Å². The highest BCUT2D eigenvalue weighted by Gasteiger charge is 2.17. The molecule has 0 radical (unpaired) electrons. The van der Waals surface area contributed by atoms with Crippen molar-refractivity contribution in [2.75, 3.05) is 32.6 Å². The SMILES string of the molecule is COc1cc(OC)nc(NC2CNC2)n1. The molecular formula is C9H14N4O2. The second-order valence-corrected chi connectivity index (χ2v) is 3.28. The molecule has 1 fully saturated rings. The second-order valence-electron chi connectivity index (χ2n) is 3.28. The molecule has 0 spiro atoms. The predicted octanol–water partition coefficient (Wildman–Crippen LogP) is -0.122. The van der Waals surface area contributed by atoms with Gasteiger partial charge in [-0.3, -0.25) is 0 Å². The average Bonchev–Trinajstić information content (AvgIpc) is 2.23. The minimum absolute atomic E-state index is 0.391. The Morgan fingerprint density at radius 1 is 1.27 bits per heavy atom. The van der Waals surface area contributed by atoms with E-state index in [2.05, 4.69) is 20.6 Å². The zero-order chi connectivity index (χ0) is 10.7. The van der Waals surface area contributed by atoms with Gasteiger partial charge < -0.3 is 20.1 Å². The van der Waals surface area contributed by atoms with Gasteiger partial charge in [-0.2, -0.15) is 9.97 Å². The molecule has 0 amide bonds. The predicted molar refractivity (Wildman–Crippen MR) is 55.4 cm³/mol. The highest BCUT2D eigenvalue weighted by molar-refractivity contribution is 5.35. The Kier molecular flexibility index (Phi) is 2.86. The van der Waals surface area contributed by atoms with Crippen LogP contribution in [0, 0.1) is 0 Å². The molecule has 0 atom stereocenters. The highest BCUT2D eigenvalue weighted by Crippen LogP contribution is 2.17. The van der Waals surface area contributed by atoms with E-state index in [0.717, 1.165) is 13.1 Å². The van der Waals surface area contributed by atoms with Gasteiger partial charge in [0, 0.05) is 13.1 Å². The van der Waals surface area contributed by atoms with Crippen LogP contribution in [0.25, 0.3) is 0 Å². The maximum absolute atomic E-state index is 5.04. The lowest BCUT2D eigenvalue weighted by Gasteiger charge is -2.27. The number of anilines is 1. The van der Waals surface area contributed by atoms with Gasteiger partial charge in [0.15, 0.2) is 0 Å². The summed E-state index contributed by atoms with van der Waals surface area (Å²) in [5, 5.41) is 6.34. The molecule has 1 aromatic heterocycles. The molecule has 1 saturated heterocycles. The van der Waals surface area contributed by atoms with Gasteiger partial charge in [0.1, 0.15) is 0 Å². The molecule has 0 unspecified atom stereocenters. The topological polar surface area (TPSA) is 68.3 Å². The van der Waals surface area contributed by atoms with Crippen LogP contribution in [0.2, 0.25) is 0 Å². The molecular weight excluding hydrogens is 196 g/mol. The van der Waals surface area contributed by atoms with Crippen molar-refractivity contribution in [1.29, 1.82) is 0 Å². The largest absolute Gasteiger partial charge is 0.481 e. The summed E-state index contributed by atoms with van der Waals surface area (Å²) in [4.78, 5) is 8.34. The molecule has 6 heteroatoms. The van der Waals surface area contributed by atoms with E-state index in [1.54, 1.807) is 20.3 Å². The van der Waals surface area contributed by atoms with E-state index in [9.17, 15) is 0 Å². The first-order valence-corrected chi connectivity index (χ1v) is 4.76. The van der Waals surface area contributed by atoms with Crippen molar-refractivity contribution in [3.8, 4) is 11.8 Å². The van der Waals surface area contributed by atoms with Crippen molar-refractivity contribution in [2.45, 2.75) is 6.04 Å². The number of methoxy groups -OCH3 is 2. The van der Waals surface area contributed by atoms with Crippen LogP contribution in [0.15, 0.2) is 6.07 Å². The van der Waals surface area contributed by atoms with E-state index in [1.165, 1.54) is 0 Å². The van der Waals surface area contributed by atoms with Crippen LogP contribution >= 0.6 is 0 Å². The Morgan fingerprint density at radius 2 is 1.87 bits per heavy atom. The minimum Gasteiger partial charge on any atom is -0.481 e. The minimum atomic E-state index is 0.391. The monoisotopic (exact) mass is 210 g/mol. The summed E-state index contributed by atoms with van der Waals surface area (Å²) in [6.07, 6.45) is 0. The first kappa shape index (κ1) is 9.97. The lowest BCUT2D eigenvalue weighted by molar-refractivity contribution is 0.371. The smallest absolute Gasteiger partial charge is 0.229 e. The first-order chi connectivity index (χ1) is 7.31. The Hall–Kier alpha value is -1.56. The van der Waals surface area contributed by atoms with E-state index < -0.39 is 0 Å². The van der Waals surface area contributed by atoms with E-state index >= 15 is 0 Å². The number of hydrogen-bond donors (Lipinski definition) is 2. The van der Waals surface area contributed by atoms with Gasteiger partial charge in [-0.1, -0.05) is 0 Å². The lowest BCUT2D eigenvalue weighted by Crippen LogP contribution is -2.51. The van der Waals surface area contributed by atoms with Crippen molar-refractivity contribution in [3.05, 3.63) is 6.07 Å². The van der Waals surface area contributed by atoms with Crippen LogP contribution in [-0.2, 0) is 0 Å². The van der Waals surface area contributed by atoms with E-state index in [1.807, 2.05) is 0 Å². The van der Waals surface area contributed by atoms with Crippen molar-refractivity contribution >= 4 is 5.95 Å². The number of nitrogens with zero attached hydrogens (tertiary/aromatic N) is 2. The molecule has 0 bridgehead atoms. The fourth-order valence-electron chi connectivity index (χ4n) is 1.25. The summed E-state index contributed by atoms with van der Waals surface area (Å²) >= 11 is 0. The summed E-state index contributed by atoms with van der Waals surface area (Å²) in [6.45, 7) is 1.87. The Morgan fingerprint density at radius 3 is 2.27 bits per heavy atom. The average molecular weight is 210 g/mol. The molecule has 15 heavy (non-hydrogen) atoms. The number of nitrogens with one attached hydrogen (secondary N) is 2. The molecule has 0 saturated carbocycles. The summed E-state index contributed by atoms with van der Waals surface area (Å²) in [5.74, 6) is 1.53. The van der Waals surface area contributed by atoms with Gasteiger partial charge in [0.05, 0.1) is 26.3 Å². The third-order valence-corrected chi connectivity index (χ3v) is 2.21. The third kappa shape index (κ3) is 2.27. The van der Waals surface area contributed by atoms with Crippen molar-refractivity contribution in [2.24, 2.45) is 0 Å². The van der Waals surface area contributed by atoms with Gasteiger partial charge in [-0.15, -0.1) is 0 Å². The zero-order valence-electron chi connectivity index (χ0n) is 8.78. The first-order valence-electron chi connectivity index (χ1n) is 4.76. The molecule has 0 aromatic carbocycles. The molecule has 82 valence electrons. The Labute approximate surface area is 88.0 Å². The summed E-state index contributed by atoms with van der Waals surface area (Å²) in [7, 11) is 3.13. The molecule has 1 aliphatic heterocycles. The molecule has 2 heterocycles. The number of hydrogen-bond acceptors (Lipinski definition) is 6. The van der Waals surface area contributed by atoms with E-state index in [4.69, 9.17) is 9.47 Å². The molecule has 6 nitrogen and oxygen atoms in total. The van der Waals surface area contributed by atoms with Crippen LogP contribution in [0.4, 0.5) is 5.95 Å². The second kappa shape index (κ2) is 4.31. The Bertz CT molecular complexity index is 319. The number of rotatable bonds is 4. The molecule has 1 aliphatic rings. The van der Waals surface area contributed by atoms with Crippen LogP contribution in [-0.4, -0.2) is 43.3 Å². The quantitative estimate of drug-likeness (QED) is 0.722. The highest BCUT2D eigenvalue weighted by atomic mass is 16.5. The van der Waals surface area contributed by atoms with Crippen molar-refractivity contribution in [1.82, 2.24) is 15.3 Å². The van der Waals surface area contributed by atoms with Crippen LogP contribution in [0.5, 0.6) is 11.8 Å². The summed E-state index contributed by atoms with van der Waals surface area (Å²) in [5.41, 5.74) is 0. The van der Waals surface area contributed by atoms with Gasteiger partial charge in [0.25, 0.3) is 0 Å².